The maximum Gasteiger partial charge on any atom is 0.134 e. The third kappa shape index (κ3) is 2.43. The van der Waals surface area contributed by atoms with Gasteiger partial charge in [-0.3, -0.25) is 0 Å². The van der Waals surface area contributed by atoms with E-state index < -0.39 is 0 Å². The summed E-state index contributed by atoms with van der Waals surface area (Å²) in [5.74, 6) is 0. The standard InChI is InChI=1S/C12H13NOS/c1-2-14-11(12-13-8-9-15-12)10-6-4-3-5-7-10/h3-9,11H,2H2,1H3. The Hall–Kier alpha value is -1.19. The molecule has 2 nitrogen and oxygen atoms in total. The molecule has 0 saturated carbocycles. The molecule has 1 aromatic heterocycles. The number of rotatable bonds is 4. The van der Waals surface area contributed by atoms with E-state index in [1.165, 1.54) is 0 Å². The third-order valence-corrected chi connectivity index (χ3v) is 2.93. The second-order valence-electron chi connectivity index (χ2n) is 3.12. The average molecular weight is 219 g/mol. The van der Waals surface area contributed by atoms with Crippen LogP contribution in [0, 0.1) is 0 Å². The highest BCUT2D eigenvalue weighted by atomic mass is 32.1. The number of hydrogen-bond acceptors (Lipinski definition) is 3. The Morgan fingerprint density at radius 3 is 2.73 bits per heavy atom. The van der Waals surface area contributed by atoms with Crippen molar-refractivity contribution in [1.82, 2.24) is 4.98 Å². The van der Waals surface area contributed by atoms with Crippen LogP contribution in [0.1, 0.15) is 23.6 Å². The fourth-order valence-corrected chi connectivity index (χ4v) is 2.18. The maximum absolute atomic E-state index is 5.72. The van der Waals surface area contributed by atoms with E-state index in [1.807, 2.05) is 36.7 Å². The highest BCUT2D eigenvalue weighted by molar-refractivity contribution is 7.09. The van der Waals surface area contributed by atoms with Crippen molar-refractivity contribution in [2.45, 2.75) is 13.0 Å². The van der Waals surface area contributed by atoms with Crippen molar-refractivity contribution in [2.75, 3.05) is 6.61 Å². The molecule has 0 aliphatic rings. The molecule has 78 valence electrons. The first-order chi connectivity index (χ1) is 7.42. The van der Waals surface area contributed by atoms with Crippen molar-refractivity contribution in [3.63, 3.8) is 0 Å². The van der Waals surface area contributed by atoms with Gasteiger partial charge in [-0.15, -0.1) is 11.3 Å². The van der Waals surface area contributed by atoms with Gasteiger partial charge in [0.2, 0.25) is 0 Å². The predicted molar refractivity (Wildman–Crippen MR) is 62.0 cm³/mol. The molecule has 0 aliphatic carbocycles. The SMILES string of the molecule is CCOC(c1ccccc1)c1nccs1. The molecule has 0 spiro atoms. The van der Waals surface area contributed by atoms with E-state index in [9.17, 15) is 0 Å². The fourth-order valence-electron chi connectivity index (χ4n) is 1.47. The minimum atomic E-state index is -0.0174. The molecular formula is C12H13NOS. The van der Waals surface area contributed by atoms with Crippen LogP contribution in [0.4, 0.5) is 0 Å². The van der Waals surface area contributed by atoms with Crippen molar-refractivity contribution in [2.24, 2.45) is 0 Å². The molecule has 15 heavy (non-hydrogen) atoms. The van der Waals surface area contributed by atoms with E-state index in [0.29, 0.717) is 6.61 Å². The molecule has 2 aromatic rings. The van der Waals surface area contributed by atoms with Gasteiger partial charge in [0.15, 0.2) is 0 Å². The Bertz CT molecular complexity index is 385. The Balaban J connectivity index is 2.28. The molecule has 0 amide bonds. The van der Waals surface area contributed by atoms with Gasteiger partial charge in [-0.25, -0.2) is 4.98 Å². The molecule has 0 aliphatic heterocycles. The van der Waals surface area contributed by atoms with E-state index in [0.717, 1.165) is 10.6 Å². The maximum atomic E-state index is 5.72. The summed E-state index contributed by atoms with van der Waals surface area (Å²) in [5.41, 5.74) is 1.16. The van der Waals surface area contributed by atoms with Crippen LogP contribution in [0.5, 0.6) is 0 Å². The molecule has 1 aromatic carbocycles. The number of benzene rings is 1. The Morgan fingerprint density at radius 2 is 2.13 bits per heavy atom. The van der Waals surface area contributed by atoms with Crippen LogP contribution in [0.2, 0.25) is 0 Å². The van der Waals surface area contributed by atoms with Gasteiger partial charge in [0.1, 0.15) is 11.1 Å². The van der Waals surface area contributed by atoms with Crippen molar-refractivity contribution in [3.8, 4) is 0 Å². The smallest absolute Gasteiger partial charge is 0.134 e. The van der Waals surface area contributed by atoms with Gasteiger partial charge in [-0.05, 0) is 12.5 Å². The van der Waals surface area contributed by atoms with E-state index in [2.05, 4.69) is 17.1 Å². The lowest BCUT2D eigenvalue weighted by molar-refractivity contribution is 0.0911. The summed E-state index contributed by atoms with van der Waals surface area (Å²) in [6.07, 6.45) is 1.80. The fraction of sp³-hybridized carbons (Fsp3) is 0.250. The van der Waals surface area contributed by atoms with Crippen molar-refractivity contribution < 1.29 is 4.74 Å². The van der Waals surface area contributed by atoms with Crippen molar-refractivity contribution >= 4 is 11.3 Å². The number of thiazole rings is 1. The van der Waals surface area contributed by atoms with E-state index >= 15 is 0 Å². The average Bonchev–Trinajstić information content (AvgIpc) is 2.80. The zero-order chi connectivity index (χ0) is 10.5. The first kappa shape index (κ1) is 10.3. The summed E-state index contributed by atoms with van der Waals surface area (Å²) in [6.45, 7) is 2.70. The number of aromatic nitrogens is 1. The highest BCUT2D eigenvalue weighted by Gasteiger charge is 2.15. The van der Waals surface area contributed by atoms with Crippen LogP contribution in [-0.2, 0) is 4.74 Å². The van der Waals surface area contributed by atoms with Gasteiger partial charge in [-0.1, -0.05) is 30.3 Å². The molecule has 2 rings (SSSR count). The summed E-state index contributed by atoms with van der Waals surface area (Å²) in [7, 11) is 0. The zero-order valence-electron chi connectivity index (χ0n) is 8.59. The van der Waals surface area contributed by atoms with E-state index in [-0.39, 0.29) is 6.10 Å². The lowest BCUT2D eigenvalue weighted by atomic mass is 10.1. The van der Waals surface area contributed by atoms with Gasteiger partial charge in [0.05, 0.1) is 0 Å². The minimum Gasteiger partial charge on any atom is -0.367 e. The van der Waals surface area contributed by atoms with Crippen LogP contribution >= 0.6 is 11.3 Å². The number of hydrogen-bond donors (Lipinski definition) is 0. The molecule has 0 fully saturated rings. The molecule has 1 heterocycles. The number of nitrogens with zero attached hydrogens (tertiary/aromatic N) is 1. The third-order valence-electron chi connectivity index (χ3n) is 2.11. The van der Waals surface area contributed by atoms with E-state index in [1.54, 1.807) is 11.3 Å². The Morgan fingerprint density at radius 1 is 1.33 bits per heavy atom. The first-order valence-corrected chi connectivity index (χ1v) is 5.85. The van der Waals surface area contributed by atoms with Crippen LogP contribution in [0.25, 0.3) is 0 Å². The molecule has 1 atom stereocenters. The monoisotopic (exact) mass is 219 g/mol. The molecule has 1 unspecified atom stereocenters. The van der Waals surface area contributed by atoms with Gasteiger partial charge in [-0.2, -0.15) is 0 Å². The van der Waals surface area contributed by atoms with Crippen LogP contribution in [0.15, 0.2) is 41.9 Å². The van der Waals surface area contributed by atoms with Gasteiger partial charge in [0, 0.05) is 18.2 Å². The lowest BCUT2D eigenvalue weighted by Crippen LogP contribution is -2.05. The predicted octanol–water partition coefficient (Wildman–Crippen LogP) is 3.27. The van der Waals surface area contributed by atoms with Gasteiger partial charge in [0.25, 0.3) is 0 Å². The molecule has 0 radical (unpaired) electrons. The summed E-state index contributed by atoms with van der Waals surface area (Å²) in [5, 5.41) is 2.99. The summed E-state index contributed by atoms with van der Waals surface area (Å²) in [4.78, 5) is 4.31. The Kier molecular flexibility index (Phi) is 3.48. The molecule has 0 N–H and O–H groups in total. The molecule has 0 saturated heterocycles. The highest BCUT2D eigenvalue weighted by Crippen LogP contribution is 2.26. The number of ether oxygens (including phenoxy) is 1. The van der Waals surface area contributed by atoms with Gasteiger partial charge >= 0.3 is 0 Å². The zero-order valence-corrected chi connectivity index (χ0v) is 9.41. The topological polar surface area (TPSA) is 22.1 Å². The quantitative estimate of drug-likeness (QED) is 0.787. The second kappa shape index (κ2) is 5.05. The molecule has 3 heteroatoms. The van der Waals surface area contributed by atoms with Crippen LogP contribution < -0.4 is 0 Å². The molecular weight excluding hydrogens is 206 g/mol. The van der Waals surface area contributed by atoms with Crippen LogP contribution in [0.3, 0.4) is 0 Å². The summed E-state index contributed by atoms with van der Waals surface area (Å²) >= 11 is 1.63. The first-order valence-electron chi connectivity index (χ1n) is 4.97. The summed E-state index contributed by atoms with van der Waals surface area (Å²) in [6, 6.07) is 10.2. The molecule has 0 bridgehead atoms. The van der Waals surface area contributed by atoms with Crippen molar-refractivity contribution in [1.29, 1.82) is 0 Å². The lowest BCUT2D eigenvalue weighted by Gasteiger charge is -2.14. The normalized spacial score (nSPS) is 12.6. The second-order valence-corrected chi connectivity index (χ2v) is 4.04. The van der Waals surface area contributed by atoms with Crippen molar-refractivity contribution in [3.05, 3.63) is 52.5 Å². The largest absolute Gasteiger partial charge is 0.367 e. The van der Waals surface area contributed by atoms with Gasteiger partial charge < -0.3 is 4.74 Å². The van der Waals surface area contributed by atoms with Crippen LogP contribution in [-0.4, -0.2) is 11.6 Å². The van der Waals surface area contributed by atoms with E-state index in [4.69, 9.17) is 4.74 Å². The summed E-state index contributed by atoms with van der Waals surface area (Å²) < 4.78 is 5.72. The Labute approximate surface area is 93.6 Å². The minimum absolute atomic E-state index is 0.0174.